The molecule has 3 nitrogen and oxygen atoms in total. The summed E-state index contributed by atoms with van der Waals surface area (Å²) in [5.74, 6) is 0.330. The first-order chi connectivity index (χ1) is 7.77. The molecule has 4 heteroatoms. The summed E-state index contributed by atoms with van der Waals surface area (Å²) in [7, 11) is 0. The summed E-state index contributed by atoms with van der Waals surface area (Å²) in [6, 6.07) is 4.43. The molecular weight excluding hydrogens is 209 g/mol. The van der Waals surface area contributed by atoms with Crippen molar-refractivity contribution >= 4 is 0 Å². The predicted molar refractivity (Wildman–Crippen MR) is 57.1 cm³/mol. The lowest BCUT2D eigenvalue weighted by atomic mass is 10.1. The van der Waals surface area contributed by atoms with E-state index in [0.717, 1.165) is 32.4 Å². The maximum absolute atomic E-state index is 13.0. The molecule has 1 fully saturated rings. The number of hydrogen-bond donors (Lipinski definition) is 1. The van der Waals surface area contributed by atoms with Crippen LogP contribution < -0.4 is 14.8 Å². The van der Waals surface area contributed by atoms with Crippen molar-refractivity contribution in [1.82, 2.24) is 5.32 Å². The number of benzene rings is 1. The number of fused-ring (bicyclic) bond motifs is 1. The van der Waals surface area contributed by atoms with Gasteiger partial charge in [-0.15, -0.1) is 0 Å². The molecule has 1 unspecified atom stereocenters. The molecular formula is C12H14FNO2. The number of rotatable bonds is 0. The molecule has 1 aromatic carbocycles. The Hall–Kier alpha value is -1.29. The van der Waals surface area contributed by atoms with Crippen molar-refractivity contribution in [2.45, 2.75) is 25.0 Å². The van der Waals surface area contributed by atoms with Crippen LogP contribution in [0.1, 0.15) is 19.3 Å². The first-order valence-electron chi connectivity index (χ1n) is 5.66. The minimum Gasteiger partial charge on any atom is -0.448 e. The average Bonchev–Trinajstić information content (AvgIpc) is 2.44. The van der Waals surface area contributed by atoms with Crippen LogP contribution in [0.4, 0.5) is 4.39 Å². The smallest absolute Gasteiger partial charge is 0.252 e. The number of hydrogen-bond acceptors (Lipinski definition) is 3. The van der Waals surface area contributed by atoms with E-state index in [1.165, 1.54) is 12.1 Å². The highest BCUT2D eigenvalue weighted by molar-refractivity contribution is 5.43. The van der Waals surface area contributed by atoms with Gasteiger partial charge >= 0.3 is 0 Å². The van der Waals surface area contributed by atoms with Gasteiger partial charge < -0.3 is 14.8 Å². The van der Waals surface area contributed by atoms with E-state index in [4.69, 9.17) is 9.47 Å². The van der Waals surface area contributed by atoms with Gasteiger partial charge in [-0.05, 0) is 25.1 Å². The van der Waals surface area contributed by atoms with Gasteiger partial charge in [0.25, 0.3) is 5.79 Å². The van der Waals surface area contributed by atoms with E-state index in [1.807, 2.05) is 0 Å². The topological polar surface area (TPSA) is 30.5 Å². The molecule has 3 rings (SSSR count). The quantitative estimate of drug-likeness (QED) is 0.730. The van der Waals surface area contributed by atoms with Crippen molar-refractivity contribution in [3.63, 3.8) is 0 Å². The van der Waals surface area contributed by atoms with Gasteiger partial charge in [0.15, 0.2) is 11.5 Å². The molecule has 16 heavy (non-hydrogen) atoms. The SMILES string of the molecule is Fc1ccc2c(c1)OC1(CCCNCC1)O2. The van der Waals surface area contributed by atoms with Crippen molar-refractivity contribution in [3.8, 4) is 11.5 Å². The molecule has 1 spiro atoms. The maximum Gasteiger partial charge on any atom is 0.252 e. The molecule has 86 valence electrons. The van der Waals surface area contributed by atoms with Gasteiger partial charge in [-0.25, -0.2) is 4.39 Å². The monoisotopic (exact) mass is 223 g/mol. The average molecular weight is 223 g/mol. The molecule has 1 saturated heterocycles. The lowest BCUT2D eigenvalue weighted by Gasteiger charge is -2.25. The van der Waals surface area contributed by atoms with Gasteiger partial charge in [0, 0.05) is 25.5 Å². The Bertz CT molecular complexity index is 400. The first kappa shape index (κ1) is 9.90. The van der Waals surface area contributed by atoms with E-state index in [-0.39, 0.29) is 5.82 Å². The second kappa shape index (κ2) is 3.63. The Morgan fingerprint density at radius 2 is 2.00 bits per heavy atom. The van der Waals surface area contributed by atoms with Gasteiger partial charge in [0.05, 0.1) is 0 Å². The summed E-state index contributed by atoms with van der Waals surface area (Å²) in [5.41, 5.74) is 0. The Kier molecular flexibility index (Phi) is 2.24. The third-order valence-electron chi connectivity index (χ3n) is 3.09. The molecule has 0 radical (unpaired) electrons. The summed E-state index contributed by atoms with van der Waals surface area (Å²) in [6.07, 6.45) is 2.65. The molecule has 1 atom stereocenters. The largest absolute Gasteiger partial charge is 0.448 e. The van der Waals surface area contributed by atoms with Crippen LogP contribution in [0.25, 0.3) is 0 Å². The zero-order valence-electron chi connectivity index (χ0n) is 8.96. The van der Waals surface area contributed by atoms with Gasteiger partial charge in [0.2, 0.25) is 0 Å². The molecule has 2 heterocycles. The van der Waals surface area contributed by atoms with Crippen molar-refractivity contribution in [3.05, 3.63) is 24.0 Å². The zero-order chi connectivity index (χ0) is 11.0. The second-order valence-electron chi connectivity index (χ2n) is 4.31. The molecule has 0 bridgehead atoms. The van der Waals surface area contributed by atoms with Crippen LogP contribution in [0.15, 0.2) is 18.2 Å². The van der Waals surface area contributed by atoms with Crippen LogP contribution >= 0.6 is 0 Å². The van der Waals surface area contributed by atoms with Gasteiger partial charge in [-0.1, -0.05) is 0 Å². The second-order valence-corrected chi connectivity index (χ2v) is 4.31. The molecule has 1 N–H and O–H groups in total. The minimum absolute atomic E-state index is 0.286. The van der Waals surface area contributed by atoms with Crippen LogP contribution in [0.3, 0.4) is 0 Å². The van der Waals surface area contributed by atoms with E-state index < -0.39 is 5.79 Å². The predicted octanol–water partition coefficient (Wildman–Crippen LogP) is 2.07. The lowest BCUT2D eigenvalue weighted by molar-refractivity contribution is -0.0874. The standard InChI is InChI=1S/C12H14FNO2/c13-9-2-3-10-11(8-9)16-12(15-10)4-1-6-14-7-5-12/h2-3,8,14H,1,4-7H2. The third-order valence-corrected chi connectivity index (χ3v) is 3.09. The normalized spacial score (nSPS) is 28.1. The van der Waals surface area contributed by atoms with Crippen molar-refractivity contribution in [1.29, 1.82) is 0 Å². The van der Waals surface area contributed by atoms with E-state index in [9.17, 15) is 4.39 Å². The maximum atomic E-state index is 13.0. The number of halogens is 1. The summed E-state index contributed by atoms with van der Waals surface area (Å²) < 4.78 is 24.7. The Labute approximate surface area is 93.6 Å². The highest BCUT2D eigenvalue weighted by Crippen LogP contribution is 2.43. The van der Waals surface area contributed by atoms with Crippen LogP contribution in [-0.4, -0.2) is 18.9 Å². The van der Waals surface area contributed by atoms with Crippen molar-refractivity contribution in [2.24, 2.45) is 0 Å². The molecule has 0 aromatic heterocycles. The fraction of sp³-hybridized carbons (Fsp3) is 0.500. The zero-order valence-corrected chi connectivity index (χ0v) is 8.96. The fourth-order valence-electron chi connectivity index (χ4n) is 2.28. The highest BCUT2D eigenvalue weighted by Gasteiger charge is 2.41. The van der Waals surface area contributed by atoms with Gasteiger partial charge in [0.1, 0.15) is 5.82 Å². The molecule has 1 aromatic rings. The Morgan fingerprint density at radius 1 is 1.12 bits per heavy atom. The van der Waals surface area contributed by atoms with E-state index in [2.05, 4.69) is 5.32 Å². The van der Waals surface area contributed by atoms with Crippen molar-refractivity contribution < 1.29 is 13.9 Å². The first-order valence-corrected chi connectivity index (χ1v) is 5.66. The number of ether oxygens (including phenoxy) is 2. The van der Waals surface area contributed by atoms with Crippen molar-refractivity contribution in [2.75, 3.05) is 13.1 Å². The Morgan fingerprint density at radius 3 is 2.94 bits per heavy atom. The molecule has 2 aliphatic heterocycles. The van der Waals surface area contributed by atoms with Gasteiger partial charge in [-0.2, -0.15) is 0 Å². The van der Waals surface area contributed by atoms with Crippen LogP contribution in [0.5, 0.6) is 11.5 Å². The molecule has 0 saturated carbocycles. The van der Waals surface area contributed by atoms with E-state index >= 15 is 0 Å². The summed E-state index contributed by atoms with van der Waals surface area (Å²) in [4.78, 5) is 0. The number of nitrogens with one attached hydrogen (secondary N) is 1. The summed E-state index contributed by atoms with van der Waals surface area (Å²) in [6.45, 7) is 1.86. The molecule has 2 aliphatic rings. The highest BCUT2D eigenvalue weighted by atomic mass is 19.1. The fourth-order valence-corrected chi connectivity index (χ4v) is 2.28. The van der Waals surface area contributed by atoms with E-state index in [0.29, 0.717) is 11.5 Å². The Balaban J connectivity index is 1.87. The van der Waals surface area contributed by atoms with Crippen LogP contribution in [-0.2, 0) is 0 Å². The third kappa shape index (κ3) is 1.63. The summed E-state index contributed by atoms with van der Waals surface area (Å²) >= 11 is 0. The summed E-state index contributed by atoms with van der Waals surface area (Å²) in [5, 5.41) is 3.30. The van der Waals surface area contributed by atoms with Gasteiger partial charge in [-0.3, -0.25) is 0 Å². The van der Waals surface area contributed by atoms with Crippen LogP contribution in [0.2, 0.25) is 0 Å². The molecule has 0 amide bonds. The molecule has 0 aliphatic carbocycles. The van der Waals surface area contributed by atoms with E-state index in [1.54, 1.807) is 6.07 Å². The van der Waals surface area contributed by atoms with Crippen LogP contribution in [0, 0.1) is 5.82 Å². The lowest BCUT2D eigenvalue weighted by Crippen LogP contribution is -2.39. The minimum atomic E-state index is -0.570.